The summed E-state index contributed by atoms with van der Waals surface area (Å²) in [6, 6.07) is 15.9. The monoisotopic (exact) mass is 423 g/mol. The number of rotatable bonds is 7. The fraction of sp³-hybridized carbons (Fsp3) is 0.381. The lowest BCUT2D eigenvalue weighted by molar-refractivity contribution is -0.123. The number of carbonyl (C=O) groups excluding carboxylic acids is 1. The third kappa shape index (κ3) is 6.11. The molecule has 0 aliphatic carbocycles. The molecule has 2 N–H and O–H groups in total. The van der Waals surface area contributed by atoms with Crippen LogP contribution in [0.4, 0.5) is 0 Å². The number of halogens is 2. The van der Waals surface area contributed by atoms with E-state index in [4.69, 9.17) is 16.3 Å². The van der Waals surface area contributed by atoms with Crippen molar-refractivity contribution in [3.8, 4) is 5.75 Å². The lowest BCUT2D eigenvalue weighted by Gasteiger charge is -2.36. The van der Waals surface area contributed by atoms with Gasteiger partial charge in [0, 0.05) is 36.8 Å². The van der Waals surface area contributed by atoms with Crippen molar-refractivity contribution in [1.29, 1.82) is 0 Å². The lowest BCUT2D eigenvalue weighted by Crippen LogP contribution is -2.49. The van der Waals surface area contributed by atoms with Crippen molar-refractivity contribution in [3.05, 3.63) is 64.7 Å². The first-order chi connectivity index (χ1) is 13.2. The van der Waals surface area contributed by atoms with E-state index in [1.807, 2.05) is 42.5 Å². The quantitative estimate of drug-likeness (QED) is 0.718. The summed E-state index contributed by atoms with van der Waals surface area (Å²) < 4.78 is 5.51. The largest absolute Gasteiger partial charge is 0.496 e. The summed E-state index contributed by atoms with van der Waals surface area (Å²) in [5, 5.41) is 7.17. The van der Waals surface area contributed by atoms with Crippen LogP contribution in [0.1, 0.15) is 17.2 Å². The molecule has 7 heteroatoms. The molecule has 1 aliphatic rings. The molecule has 3 rings (SSSR count). The third-order valence-electron chi connectivity index (χ3n) is 4.85. The average Bonchev–Trinajstić information content (AvgIpc) is 2.70. The number of nitrogens with one attached hydrogen (secondary N) is 2. The van der Waals surface area contributed by atoms with E-state index in [-0.39, 0.29) is 24.4 Å². The molecule has 0 spiro atoms. The molecule has 0 aromatic heterocycles. The number of carbonyl (C=O) groups is 1. The van der Waals surface area contributed by atoms with Crippen molar-refractivity contribution < 1.29 is 9.53 Å². The molecule has 1 unspecified atom stereocenters. The highest BCUT2D eigenvalue weighted by Crippen LogP contribution is 2.29. The summed E-state index contributed by atoms with van der Waals surface area (Å²) in [7, 11) is 1.68. The summed E-state index contributed by atoms with van der Waals surface area (Å²) in [5.41, 5.74) is 2.27. The maximum Gasteiger partial charge on any atom is 0.234 e. The van der Waals surface area contributed by atoms with Crippen molar-refractivity contribution >= 4 is 29.9 Å². The minimum absolute atomic E-state index is 0. The van der Waals surface area contributed by atoms with Gasteiger partial charge in [-0.05, 0) is 30.2 Å². The predicted octanol–water partition coefficient (Wildman–Crippen LogP) is 3.08. The molecular formula is C21H27Cl2N3O2. The first-order valence-corrected chi connectivity index (χ1v) is 9.64. The number of para-hydroxylation sites is 1. The molecule has 0 bridgehead atoms. The molecule has 1 amide bonds. The SMILES string of the molecule is COc1ccccc1C1CNCCN1CC(=O)NCCc1ccc(Cl)cc1.Cl. The summed E-state index contributed by atoms with van der Waals surface area (Å²) in [5.74, 6) is 0.908. The Balaban J connectivity index is 0.00000280. The maximum absolute atomic E-state index is 12.5. The fourth-order valence-corrected chi connectivity index (χ4v) is 3.55. The van der Waals surface area contributed by atoms with Gasteiger partial charge in [-0.3, -0.25) is 9.69 Å². The Morgan fingerprint density at radius 1 is 1.25 bits per heavy atom. The summed E-state index contributed by atoms with van der Waals surface area (Å²) in [6.07, 6.45) is 0.792. The van der Waals surface area contributed by atoms with E-state index in [9.17, 15) is 4.79 Å². The highest BCUT2D eigenvalue weighted by molar-refractivity contribution is 6.30. The molecule has 28 heavy (non-hydrogen) atoms. The van der Waals surface area contributed by atoms with Gasteiger partial charge in [-0.1, -0.05) is 41.9 Å². The van der Waals surface area contributed by atoms with E-state index in [2.05, 4.69) is 21.6 Å². The summed E-state index contributed by atoms with van der Waals surface area (Å²) >= 11 is 5.90. The van der Waals surface area contributed by atoms with Crippen LogP contribution in [0, 0.1) is 0 Å². The van der Waals surface area contributed by atoms with E-state index in [0.717, 1.165) is 48.0 Å². The molecule has 2 aromatic rings. The molecule has 5 nitrogen and oxygen atoms in total. The Morgan fingerprint density at radius 2 is 2.00 bits per heavy atom. The van der Waals surface area contributed by atoms with Crippen LogP contribution in [0.15, 0.2) is 48.5 Å². The second kappa shape index (κ2) is 11.3. The van der Waals surface area contributed by atoms with Gasteiger partial charge in [-0.2, -0.15) is 0 Å². The van der Waals surface area contributed by atoms with Crippen LogP contribution in [-0.2, 0) is 11.2 Å². The minimum Gasteiger partial charge on any atom is -0.496 e. The second-order valence-corrected chi connectivity index (χ2v) is 7.10. The number of hydrogen-bond donors (Lipinski definition) is 2. The molecule has 1 saturated heterocycles. The van der Waals surface area contributed by atoms with Gasteiger partial charge >= 0.3 is 0 Å². The molecule has 1 atom stereocenters. The molecule has 1 heterocycles. The van der Waals surface area contributed by atoms with Gasteiger partial charge in [0.1, 0.15) is 5.75 Å². The van der Waals surface area contributed by atoms with Gasteiger partial charge in [-0.25, -0.2) is 0 Å². The van der Waals surface area contributed by atoms with E-state index < -0.39 is 0 Å². The highest BCUT2D eigenvalue weighted by atomic mass is 35.5. The second-order valence-electron chi connectivity index (χ2n) is 6.66. The van der Waals surface area contributed by atoms with Crippen molar-refractivity contribution in [2.45, 2.75) is 12.5 Å². The minimum atomic E-state index is 0. The molecule has 152 valence electrons. The van der Waals surface area contributed by atoms with E-state index in [0.29, 0.717) is 13.1 Å². The Bertz CT molecular complexity index is 756. The normalized spacial score (nSPS) is 16.9. The number of piperazine rings is 1. The molecule has 1 aliphatic heterocycles. The standard InChI is InChI=1S/C21H26ClN3O2.ClH/c1-27-20-5-3-2-4-18(20)19-14-23-12-13-25(19)15-21(26)24-11-10-16-6-8-17(22)9-7-16;/h2-9,19,23H,10-15H2,1H3,(H,24,26);1H. The number of benzene rings is 2. The van der Waals surface area contributed by atoms with Crippen molar-refractivity contribution in [2.75, 3.05) is 39.8 Å². The van der Waals surface area contributed by atoms with E-state index in [1.54, 1.807) is 7.11 Å². The first-order valence-electron chi connectivity index (χ1n) is 9.26. The molecular weight excluding hydrogens is 397 g/mol. The molecule has 0 saturated carbocycles. The zero-order valence-corrected chi connectivity index (χ0v) is 17.6. The Morgan fingerprint density at radius 3 is 2.75 bits per heavy atom. The number of methoxy groups -OCH3 is 1. The highest BCUT2D eigenvalue weighted by Gasteiger charge is 2.27. The van der Waals surface area contributed by atoms with Gasteiger partial charge in [0.2, 0.25) is 5.91 Å². The first kappa shape index (κ1) is 22.5. The Labute approximate surface area is 177 Å². The van der Waals surface area contributed by atoms with E-state index in [1.165, 1.54) is 0 Å². The number of nitrogens with zero attached hydrogens (tertiary/aromatic N) is 1. The van der Waals surface area contributed by atoms with Crippen molar-refractivity contribution in [3.63, 3.8) is 0 Å². The van der Waals surface area contributed by atoms with Crippen LogP contribution in [0.3, 0.4) is 0 Å². The summed E-state index contributed by atoms with van der Waals surface area (Å²) in [6.45, 7) is 3.51. The van der Waals surface area contributed by atoms with Gasteiger partial charge in [0.05, 0.1) is 19.7 Å². The lowest BCUT2D eigenvalue weighted by atomic mass is 10.0. The average molecular weight is 424 g/mol. The summed E-state index contributed by atoms with van der Waals surface area (Å²) in [4.78, 5) is 14.7. The van der Waals surface area contributed by atoms with Crippen LogP contribution < -0.4 is 15.4 Å². The molecule has 2 aromatic carbocycles. The van der Waals surface area contributed by atoms with Gasteiger partial charge in [0.25, 0.3) is 0 Å². The zero-order valence-electron chi connectivity index (χ0n) is 16.0. The van der Waals surface area contributed by atoms with E-state index >= 15 is 0 Å². The fourth-order valence-electron chi connectivity index (χ4n) is 3.42. The topological polar surface area (TPSA) is 53.6 Å². The number of hydrogen-bond acceptors (Lipinski definition) is 4. The van der Waals surface area contributed by atoms with Gasteiger partial charge in [0.15, 0.2) is 0 Å². The van der Waals surface area contributed by atoms with Gasteiger partial charge in [-0.15, -0.1) is 12.4 Å². The predicted molar refractivity (Wildman–Crippen MR) is 116 cm³/mol. The van der Waals surface area contributed by atoms with Crippen LogP contribution >= 0.6 is 24.0 Å². The zero-order chi connectivity index (χ0) is 19.1. The number of ether oxygens (including phenoxy) is 1. The maximum atomic E-state index is 12.5. The molecule has 1 fully saturated rings. The Hall–Kier alpha value is -1.79. The van der Waals surface area contributed by atoms with Crippen LogP contribution in [-0.4, -0.2) is 50.6 Å². The van der Waals surface area contributed by atoms with Gasteiger partial charge < -0.3 is 15.4 Å². The molecule has 0 radical (unpaired) electrons. The van der Waals surface area contributed by atoms with Crippen molar-refractivity contribution in [2.24, 2.45) is 0 Å². The van der Waals surface area contributed by atoms with Crippen LogP contribution in [0.5, 0.6) is 5.75 Å². The smallest absolute Gasteiger partial charge is 0.234 e. The Kier molecular flexibility index (Phi) is 9.06. The van der Waals surface area contributed by atoms with Crippen LogP contribution in [0.2, 0.25) is 5.02 Å². The van der Waals surface area contributed by atoms with Crippen LogP contribution in [0.25, 0.3) is 0 Å². The van der Waals surface area contributed by atoms with Crippen molar-refractivity contribution in [1.82, 2.24) is 15.5 Å². The number of amides is 1. The third-order valence-corrected chi connectivity index (χ3v) is 5.10.